The molecule has 3 heteroatoms. The van der Waals surface area contributed by atoms with Crippen molar-refractivity contribution in [3.8, 4) is 0 Å². The van der Waals surface area contributed by atoms with E-state index in [9.17, 15) is 0 Å². The van der Waals surface area contributed by atoms with Crippen molar-refractivity contribution in [2.45, 2.75) is 25.8 Å². The minimum atomic E-state index is 0.705. The van der Waals surface area contributed by atoms with Crippen LogP contribution < -0.4 is 5.32 Å². The van der Waals surface area contributed by atoms with Gasteiger partial charge in [-0.05, 0) is 24.5 Å². The van der Waals surface area contributed by atoms with Gasteiger partial charge in [0.2, 0.25) is 0 Å². The first-order valence-electron chi connectivity index (χ1n) is 6.34. The van der Waals surface area contributed by atoms with Crippen LogP contribution in [0.25, 0.3) is 0 Å². The molecule has 0 bridgehead atoms. The zero-order valence-electron chi connectivity index (χ0n) is 9.91. The first-order valence-corrected chi connectivity index (χ1v) is 6.34. The average molecular weight is 220 g/mol. The molecule has 2 aliphatic rings. The third kappa shape index (κ3) is 2.15. The fraction of sp³-hybridized carbons (Fsp3) is 0.692. The Hall–Kier alpha value is -0.800. The molecule has 1 aromatic rings. The molecule has 2 heterocycles. The number of hydrogen-bond acceptors (Lipinski definition) is 3. The third-order valence-electron chi connectivity index (χ3n) is 3.75. The Labute approximate surface area is 96.8 Å². The molecule has 2 fully saturated rings. The van der Waals surface area contributed by atoms with Gasteiger partial charge in [0.05, 0.1) is 6.54 Å². The van der Waals surface area contributed by atoms with Gasteiger partial charge in [-0.25, -0.2) is 0 Å². The quantitative estimate of drug-likeness (QED) is 0.842. The number of nitrogens with one attached hydrogen (secondary N) is 1. The maximum Gasteiger partial charge on any atom is 0.118 e. The third-order valence-corrected chi connectivity index (χ3v) is 3.75. The maximum atomic E-state index is 5.92. The van der Waals surface area contributed by atoms with E-state index in [0.717, 1.165) is 44.4 Å². The van der Waals surface area contributed by atoms with Crippen molar-refractivity contribution in [1.82, 2.24) is 10.2 Å². The molecule has 3 nitrogen and oxygen atoms in total. The zero-order valence-corrected chi connectivity index (χ0v) is 9.91. The number of rotatable bonds is 3. The van der Waals surface area contributed by atoms with E-state index in [0.29, 0.717) is 5.92 Å². The van der Waals surface area contributed by atoms with Gasteiger partial charge in [-0.1, -0.05) is 6.92 Å². The van der Waals surface area contributed by atoms with Gasteiger partial charge in [-0.15, -0.1) is 0 Å². The van der Waals surface area contributed by atoms with Crippen molar-refractivity contribution < 1.29 is 4.42 Å². The number of piperazine rings is 1. The normalized spacial score (nSPS) is 30.6. The molecule has 88 valence electrons. The number of hydrogen-bond donors (Lipinski definition) is 1. The van der Waals surface area contributed by atoms with E-state index in [-0.39, 0.29) is 0 Å². The summed E-state index contributed by atoms with van der Waals surface area (Å²) in [6, 6.07) is 4.33. The lowest BCUT2D eigenvalue weighted by Gasteiger charge is -2.26. The zero-order chi connectivity index (χ0) is 11.0. The van der Waals surface area contributed by atoms with Crippen molar-refractivity contribution in [3.05, 3.63) is 23.7 Å². The van der Waals surface area contributed by atoms with Gasteiger partial charge in [0.15, 0.2) is 0 Å². The van der Waals surface area contributed by atoms with E-state index in [2.05, 4.69) is 29.3 Å². The second-order valence-corrected chi connectivity index (χ2v) is 5.15. The molecule has 1 N–H and O–H groups in total. The SMILES string of the molecule is CC1CC1c1ccc(CN2CCNCC2)o1. The topological polar surface area (TPSA) is 28.4 Å². The van der Waals surface area contributed by atoms with Gasteiger partial charge in [0.1, 0.15) is 11.5 Å². The Bertz CT molecular complexity index is 355. The highest BCUT2D eigenvalue weighted by atomic mass is 16.3. The summed E-state index contributed by atoms with van der Waals surface area (Å²) in [5, 5.41) is 3.37. The minimum absolute atomic E-state index is 0.705. The molecular formula is C13H20N2O. The van der Waals surface area contributed by atoms with Gasteiger partial charge < -0.3 is 9.73 Å². The Balaban J connectivity index is 1.59. The Morgan fingerprint density at radius 2 is 2.12 bits per heavy atom. The standard InChI is InChI=1S/C13H20N2O/c1-10-8-12(10)13-3-2-11(16-13)9-15-6-4-14-5-7-15/h2-3,10,12,14H,4-9H2,1H3. The molecule has 1 aromatic heterocycles. The molecule has 0 radical (unpaired) electrons. The Kier molecular flexibility index (Phi) is 2.74. The molecule has 1 saturated heterocycles. The summed E-state index contributed by atoms with van der Waals surface area (Å²) < 4.78 is 5.92. The molecular weight excluding hydrogens is 200 g/mol. The van der Waals surface area contributed by atoms with E-state index >= 15 is 0 Å². The fourth-order valence-corrected chi connectivity index (χ4v) is 2.49. The monoisotopic (exact) mass is 220 g/mol. The molecule has 1 saturated carbocycles. The van der Waals surface area contributed by atoms with E-state index in [1.54, 1.807) is 0 Å². The predicted octanol–water partition coefficient (Wildman–Crippen LogP) is 1.81. The molecule has 2 atom stereocenters. The molecule has 1 aliphatic heterocycles. The van der Waals surface area contributed by atoms with Crippen LogP contribution in [0.2, 0.25) is 0 Å². The summed E-state index contributed by atoms with van der Waals surface area (Å²) in [4.78, 5) is 2.45. The molecule has 0 spiro atoms. The number of furan rings is 1. The van der Waals surface area contributed by atoms with Crippen LogP contribution in [0.4, 0.5) is 0 Å². The van der Waals surface area contributed by atoms with E-state index in [4.69, 9.17) is 4.42 Å². The smallest absolute Gasteiger partial charge is 0.118 e. The summed E-state index contributed by atoms with van der Waals surface area (Å²) in [5.74, 6) is 3.88. The highest BCUT2D eigenvalue weighted by molar-refractivity contribution is 5.17. The van der Waals surface area contributed by atoms with Crippen LogP contribution in [0.5, 0.6) is 0 Å². The predicted molar refractivity (Wildman–Crippen MR) is 63.4 cm³/mol. The van der Waals surface area contributed by atoms with Crippen molar-refractivity contribution in [2.24, 2.45) is 5.92 Å². The summed E-state index contributed by atoms with van der Waals surface area (Å²) in [5.41, 5.74) is 0. The van der Waals surface area contributed by atoms with Gasteiger partial charge in [0, 0.05) is 32.1 Å². The van der Waals surface area contributed by atoms with Crippen molar-refractivity contribution in [2.75, 3.05) is 26.2 Å². The maximum absolute atomic E-state index is 5.92. The van der Waals surface area contributed by atoms with E-state index in [1.807, 2.05) is 0 Å². The first kappa shape index (κ1) is 10.4. The summed E-state index contributed by atoms with van der Waals surface area (Å²) in [6.45, 7) is 7.75. The molecule has 2 unspecified atom stereocenters. The van der Waals surface area contributed by atoms with Crippen LogP contribution in [0, 0.1) is 5.92 Å². The fourth-order valence-electron chi connectivity index (χ4n) is 2.49. The van der Waals surface area contributed by atoms with Crippen LogP contribution >= 0.6 is 0 Å². The van der Waals surface area contributed by atoms with Gasteiger partial charge in [0.25, 0.3) is 0 Å². The Morgan fingerprint density at radius 1 is 1.38 bits per heavy atom. The van der Waals surface area contributed by atoms with E-state index < -0.39 is 0 Å². The lowest BCUT2D eigenvalue weighted by molar-refractivity contribution is 0.214. The van der Waals surface area contributed by atoms with Crippen LogP contribution in [0.15, 0.2) is 16.5 Å². The molecule has 0 amide bonds. The molecule has 3 rings (SSSR count). The van der Waals surface area contributed by atoms with Gasteiger partial charge >= 0.3 is 0 Å². The van der Waals surface area contributed by atoms with Crippen molar-refractivity contribution in [3.63, 3.8) is 0 Å². The molecule has 1 aliphatic carbocycles. The Morgan fingerprint density at radius 3 is 2.81 bits per heavy atom. The lowest BCUT2D eigenvalue weighted by Crippen LogP contribution is -2.42. The van der Waals surface area contributed by atoms with Crippen LogP contribution in [0.3, 0.4) is 0 Å². The molecule has 0 aromatic carbocycles. The van der Waals surface area contributed by atoms with Crippen molar-refractivity contribution in [1.29, 1.82) is 0 Å². The van der Waals surface area contributed by atoms with Crippen LogP contribution in [0.1, 0.15) is 30.8 Å². The average Bonchev–Trinajstić information content (AvgIpc) is 2.86. The highest BCUT2D eigenvalue weighted by Gasteiger charge is 2.36. The summed E-state index contributed by atoms with van der Waals surface area (Å²) in [6.07, 6.45) is 1.31. The van der Waals surface area contributed by atoms with Crippen LogP contribution in [-0.2, 0) is 6.54 Å². The number of nitrogens with zero attached hydrogens (tertiary/aromatic N) is 1. The lowest BCUT2D eigenvalue weighted by atomic mass is 10.3. The van der Waals surface area contributed by atoms with Crippen LogP contribution in [-0.4, -0.2) is 31.1 Å². The largest absolute Gasteiger partial charge is 0.464 e. The second kappa shape index (κ2) is 4.22. The summed E-state index contributed by atoms with van der Waals surface area (Å²) in [7, 11) is 0. The summed E-state index contributed by atoms with van der Waals surface area (Å²) >= 11 is 0. The van der Waals surface area contributed by atoms with Gasteiger partial charge in [-0.2, -0.15) is 0 Å². The molecule has 16 heavy (non-hydrogen) atoms. The second-order valence-electron chi connectivity index (χ2n) is 5.15. The van der Waals surface area contributed by atoms with E-state index in [1.165, 1.54) is 12.2 Å². The first-order chi connectivity index (χ1) is 7.83. The minimum Gasteiger partial charge on any atom is -0.464 e. The highest BCUT2D eigenvalue weighted by Crippen LogP contribution is 2.47. The van der Waals surface area contributed by atoms with Gasteiger partial charge in [-0.3, -0.25) is 4.90 Å². The van der Waals surface area contributed by atoms with Crippen molar-refractivity contribution >= 4 is 0 Å².